The Bertz CT molecular complexity index is 85.6. The summed E-state index contributed by atoms with van der Waals surface area (Å²) in [5, 5.41) is 3.45. The van der Waals surface area contributed by atoms with Crippen molar-refractivity contribution in [3.63, 3.8) is 0 Å². The van der Waals surface area contributed by atoms with E-state index in [0.717, 1.165) is 4.83 Å². The predicted molar refractivity (Wildman–Crippen MR) is 53.3 cm³/mol. The standard InChI is InChI=1S/C9H18BrN/c10-9-5-1-3-7-11-8-4-2-6-9/h9,11H,1-8H2. The average molecular weight is 220 g/mol. The van der Waals surface area contributed by atoms with E-state index in [9.17, 15) is 0 Å². The second-order valence-corrected chi connectivity index (χ2v) is 4.63. The lowest BCUT2D eigenvalue weighted by atomic mass is 10.1. The fourth-order valence-corrected chi connectivity index (χ4v) is 2.15. The minimum Gasteiger partial charge on any atom is -0.317 e. The molecule has 0 radical (unpaired) electrons. The summed E-state index contributed by atoms with van der Waals surface area (Å²) in [7, 11) is 0. The molecule has 0 saturated carbocycles. The smallest absolute Gasteiger partial charge is 0.0145 e. The third-order valence-electron chi connectivity index (χ3n) is 2.24. The molecular weight excluding hydrogens is 202 g/mol. The Morgan fingerprint density at radius 2 is 1.45 bits per heavy atom. The molecule has 0 spiro atoms. The van der Waals surface area contributed by atoms with Crippen LogP contribution < -0.4 is 5.32 Å². The van der Waals surface area contributed by atoms with Crippen molar-refractivity contribution in [3.05, 3.63) is 0 Å². The van der Waals surface area contributed by atoms with Gasteiger partial charge in [0.2, 0.25) is 0 Å². The summed E-state index contributed by atoms with van der Waals surface area (Å²) < 4.78 is 0. The lowest BCUT2D eigenvalue weighted by molar-refractivity contribution is 0.524. The minimum atomic E-state index is 0.792. The molecule has 0 bridgehead atoms. The van der Waals surface area contributed by atoms with Gasteiger partial charge in [-0.15, -0.1) is 0 Å². The van der Waals surface area contributed by atoms with Crippen LogP contribution in [0.3, 0.4) is 0 Å². The summed E-state index contributed by atoms with van der Waals surface area (Å²) in [5.74, 6) is 0. The minimum absolute atomic E-state index is 0.792. The molecule has 1 rings (SSSR count). The molecule has 66 valence electrons. The largest absolute Gasteiger partial charge is 0.317 e. The molecule has 1 saturated heterocycles. The molecule has 0 aromatic rings. The molecule has 0 aromatic heterocycles. The monoisotopic (exact) mass is 219 g/mol. The van der Waals surface area contributed by atoms with E-state index in [1.807, 2.05) is 0 Å². The van der Waals surface area contributed by atoms with Crippen molar-refractivity contribution in [1.29, 1.82) is 0 Å². The van der Waals surface area contributed by atoms with Gasteiger partial charge >= 0.3 is 0 Å². The third kappa shape index (κ3) is 4.81. The van der Waals surface area contributed by atoms with Gasteiger partial charge in [-0.3, -0.25) is 0 Å². The fraction of sp³-hybridized carbons (Fsp3) is 1.00. The van der Waals surface area contributed by atoms with E-state index in [2.05, 4.69) is 21.2 Å². The van der Waals surface area contributed by atoms with Crippen LogP contribution >= 0.6 is 15.9 Å². The first kappa shape index (κ1) is 9.53. The Kier molecular flexibility index (Phi) is 5.21. The maximum absolute atomic E-state index is 3.71. The molecule has 1 aliphatic heterocycles. The Hall–Kier alpha value is 0.440. The molecule has 11 heavy (non-hydrogen) atoms. The highest BCUT2D eigenvalue weighted by Gasteiger charge is 2.04. The van der Waals surface area contributed by atoms with Crippen LogP contribution in [0.5, 0.6) is 0 Å². The van der Waals surface area contributed by atoms with Crippen LogP contribution in [0.25, 0.3) is 0 Å². The summed E-state index contributed by atoms with van der Waals surface area (Å²) in [4.78, 5) is 0.792. The maximum Gasteiger partial charge on any atom is 0.0145 e. The number of rotatable bonds is 0. The zero-order valence-electron chi connectivity index (χ0n) is 7.11. The van der Waals surface area contributed by atoms with Crippen LogP contribution in [-0.2, 0) is 0 Å². The molecule has 1 nitrogen and oxygen atoms in total. The molecule has 2 heteroatoms. The van der Waals surface area contributed by atoms with Gasteiger partial charge in [-0.05, 0) is 38.8 Å². The van der Waals surface area contributed by atoms with Crippen molar-refractivity contribution in [2.45, 2.75) is 43.4 Å². The van der Waals surface area contributed by atoms with E-state index in [1.165, 1.54) is 51.6 Å². The maximum atomic E-state index is 3.71. The van der Waals surface area contributed by atoms with Crippen molar-refractivity contribution in [1.82, 2.24) is 5.32 Å². The predicted octanol–water partition coefficient (Wildman–Crippen LogP) is 2.69. The number of hydrogen-bond donors (Lipinski definition) is 1. The molecule has 1 fully saturated rings. The quantitative estimate of drug-likeness (QED) is 0.619. The SMILES string of the molecule is BrC1CCCCNCCCC1. The summed E-state index contributed by atoms with van der Waals surface area (Å²) in [6, 6.07) is 0. The van der Waals surface area contributed by atoms with E-state index in [-0.39, 0.29) is 0 Å². The van der Waals surface area contributed by atoms with Crippen LogP contribution in [0.15, 0.2) is 0 Å². The Morgan fingerprint density at radius 1 is 0.909 bits per heavy atom. The van der Waals surface area contributed by atoms with Crippen LogP contribution in [0.1, 0.15) is 38.5 Å². The van der Waals surface area contributed by atoms with Gasteiger partial charge in [0.05, 0.1) is 0 Å². The van der Waals surface area contributed by atoms with Crippen molar-refractivity contribution < 1.29 is 0 Å². The average Bonchev–Trinajstić information content (AvgIpc) is 2.03. The van der Waals surface area contributed by atoms with Crippen LogP contribution in [0, 0.1) is 0 Å². The summed E-state index contributed by atoms with van der Waals surface area (Å²) >= 11 is 3.71. The first-order valence-corrected chi connectivity index (χ1v) is 5.66. The van der Waals surface area contributed by atoms with E-state index < -0.39 is 0 Å². The zero-order chi connectivity index (χ0) is 7.94. The van der Waals surface area contributed by atoms with Crippen molar-refractivity contribution in [2.24, 2.45) is 0 Å². The number of halogens is 1. The van der Waals surface area contributed by atoms with Gasteiger partial charge in [0.25, 0.3) is 0 Å². The zero-order valence-corrected chi connectivity index (χ0v) is 8.70. The summed E-state index contributed by atoms with van der Waals surface area (Å²) in [6.07, 6.45) is 8.18. The highest BCUT2D eigenvalue weighted by Crippen LogP contribution is 2.16. The first-order valence-electron chi connectivity index (χ1n) is 4.74. The normalized spacial score (nSPS) is 24.8. The highest BCUT2D eigenvalue weighted by atomic mass is 79.9. The van der Waals surface area contributed by atoms with Gasteiger partial charge in [-0.25, -0.2) is 0 Å². The van der Waals surface area contributed by atoms with E-state index >= 15 is 0 Å². The van der Waals surface area contributed by atoms with Gasteiger partial charge < -0.3 is 5.32 Å². The number of hydrogen-bond acceptors (Lipinski definition) is 1. The fourth-order valence-electron chi connectivity index (χ4n) is 1.50. The summed E-state index contributed by atoms with van der Waals surface area (Å²) in [6.45, 7) is 2.44. The number of alkyl halides is 1. The van der Waals surface area contributed by atoms with E-state index in [0.29, 0.717) is 0 Å². The van der Waals surface area contributed by atoms with Gasteiger partial charge in [0.1, 0.15) is 0 Å². The van der Waals surface area contributed by atoms with Crippen LogP contribution in [0.4, 0.5) is 0 Å². The molecular formula is C9H18BrN. The van der Waals surface area contributed by atoms with Crippen molar-refractivity contribution >= 4 is 15.9 Å². The van der Waals surface area contributed by atoms with Crippen LogP contribution in [0.2, 0.25) is 0 Å². The Labute approximate surface area is 78.1 Å². The van der Waals surface area contributed by atoms with Crippen molar-refractivity contribution in [2.75, 3.05) is 13.1 Å². The topological polar surface area (TPSA) is 12.0 Å². The van der Waals surface area contributed by atoms with E-state index in [1.54, 1.807) is 0 Å². The van der Waals surface area contributed by atoms with Crippen molar-refractivity contribution in [3.8, 4) is 0 Å². The van der Waals surface area contributed by atoms with Gasteiger partial charge in [-0.1, -0.05) is 28.8 Å². The third-order valence-corrected chi connectivity index (χ3v) is 3.16. The molecule has 1 aliphatic rings. The number of nitrogens with one attached hydrogen (secondary N) is 1. The van der Waals surface area contributed by atoms with Crippen LogP contribution in [-0.4, -0.2) is 17.9 Å². The van der Waals surface area contributed by atoms with Gasteiger partial charge in [0.15, 0.2) is 0 Å². The first-order chi connectivity index (χ1) is 5.39. The molecule has 1 N–H and O–H groups in total. The Balaban J connectivity index is 2.12. The second kappa shape index (κ2) is 6.01. The lowest BCUT2D eigenvalue weighted by Crippen LogP contribution is -2.18. The second-order valence-electron chi connectivity index (χ2n) is 3.34. The molecule has 0 aliphatic carbocycles. The molecule has 0 aromatic carbocycles. The highest BCUT2D eigenvalue weighted by molar-refractivity contribution is 9.09. The molecule has 0 amide bonds. The Morgan fingerprint density at radius 3 is 2.00 bits per heavy atom. The molecule has 1 heterocycles. The molecule has 0 atom stereocenters. The van der Waals surface area contributed by atoms with Gasteiger partial charge in [0, 0.05) is 4.83 Å². The molecule has 0 unspecified atom stereocenters. The van der Waals surface area contributed by atoms with E-state index in [4.69, 9.17) is 0 Å². The summed E-state index contributed by atoms with van der Waals surface area (Å²) in [5.41, 5.74) is 0. The lowest BCUT2D eigenvalue weighted by Gasteiger charge is -2.12. The van der Waals surface area contributed by atoms with Gasteiger partial charge in [-0.2, -0.15) is 0 Å².